The van der Waals surface area contributed by atoms with Crippen molar-refractivity contribution in [3.8, 4) is 0 Å². The van der Waals surface area contributed by atoms with Gasteiger partial charge in [0.05, 0.1) is 16.5 Å². The molecule has 4 nitrogen and oxygen atoms in total. The maximum Gasteiger partial charge on any atom is 0.233 e. The van der Waals surface area contributed by atoms with Crippen LogP contribution in [0.25, 0.3) is 0 Å². The molecule has 0 aromatic heterocycles. The summed E-state index contributed by atoms with van der Waals surface area (Å²) < 4.78 is 5.68. The average molecular weight is 312 g/mol. The minimum absolute atomic E-state index is 0.0404. The van der Waals surface area contributed by atoms with Gasteiger partial charge in [-0.2, -0.15) is 0 Å². The van der Waals surface area contributed by atoms with E-state index >= 15 is 0 Å². The van der Waals surface area contributed by atoms with Crippen molar-refractivity contribution in [1.82, 2.24) is 5.32 Å². The summed E-state index contributed by atoms with van der Waals surface area (Å²) in [6.45, 7) is 3.62. The minimum atomic E-state index is -0.618. The third-order valence-corrected chi connectivity index (χ3v) is 5.53. The Morgan fingerprint density at radius 1 is 1.33 bits per heavy atom. The van der Waals surface area contributed by atoms with Crippen LogP contribution >= 0.6 is 12.2 Å². The lowest BCUT2D eigenvalue weighted by molar-refractivity contribution is -0.128. The van der Waals surface area contributed by atoms with E-state index in [1.807, 2.05) is 0 Å². The second-order valence-corrected chi connectivity index (χ2v) is 6.88. The van der Waals surface area contributed by atoms with Crippen LogP contribution in [0.3, 0.4) is 0 Å². The summed E-state index contributed by atoms with van der Waals surface area (Å²) in [4.78, 5) is 13.1. The number of rotatable bonds is 5. The number of amides is 1. The molecule has 2 aliphatic rings. The molecule has 0 aromatic rings. The van der Waals surface area contributed by atoms with E-state index < -0.39 is 5.41 Å². The predicted molar refractivity (Wildman–Crippen MR) is 88.1 cm³/mol. The average Bonchev–Trinajstić information content (AvgIpc) is 2.77. The zero-order valence-electron chi connectivity index (χ0n) is 13.0. The summed E-state index contributed by atoms with van der Waals surface area (Å²) in [5, 5.41) is 3.12. The lowest BCUT2D eigenvalue weighted by atomic mass is 9.79. The van der Waals surface area contributed by atoms with E-state index in [0.29, 0.717) is 17.5 Å². The van der Waals surface area contributed by atoms with E-state index in [-0.39, 0.29) is 12.0 Å². The molecule has 0 spiro atoms. The van der Waals surface area contributed by atoms with Crippen molar-refractivity contribution in [2.24, 2.45) is 17.1 Å². The van der Waals surface area contributed by atoms with Gasteiger partial charge in [0.1, 0.15) is 0 Å². The molecule has 1 heterocycles. The highest BCUT2D eigenvalue weighted by Gasteiger charge is 2.41. The van der Waals surface area contributed by atoms with Gasteiger partial charge >= 0.3 is 0 Å². The van der Waals surface area contributed by atoms with Gasteiger partial charge in [0.15, 0.2) is 0 Å². The molecule has 0 aromatic carbocycles. The van der Waals surface area contributed by atoms with E-state index in [1.54, 1.807) is 0 Å². The van der Waals surface area contributed by atoms with Gasteiger partial charge in [-0.15, -0.1) is 0 Å². The first-order valence-corrected chi connectivity index (χ1v) is 8.71. The molecular formula is C16H28N2O2S. The molecule has 0 radical (unpaired) electrons. The number of hydrogen-bond acceptors (Lipinski definition) is 3. The van der Waals surface area contributed by atoms with Crippen molar-refractivity contribution in [3.63, 3.8) is 0 Å². The van der Waals surface area contributed by atoms with Gasteiger partial charge in [0.2, 0.25) is 5.91 Å². The monoisotopic (exact) mass is 312 g/mol. The molecule has 1 aliphatic carbocycles. The van der Waals surface area contributed by atoms with Crippen LogP contribution in [0.5, 0.6) is 0 Å². The largest absolute Gasteiger partial charge is 0.392 e. The molecule has 1 saturated carbocycles. The van der Waals surface area contributed by atoms with Crippen molar-refractivity contribution < 1.29 is 9.53 Å². The topological polar surface area (TPSA) is 64.3 Å². The van der Waals surface area contributed by atoms with Crippen molar-refractivity contribution in [2.75, 3.05) is 13.2 Å². The van der Waals surface area contributed by atoms with Crippen molar-refractivity contribution in [1.29, 1.82) is 0 Å². The highest BCUT2D eigenvalue weighted by atomic mass is 32.1. The highest BCUT2D eigenvalue weighted by molar-refractivity contribution is 7.80. The fourth-order valence-electron chi connectivity index (χ4n) is 3.69. The summed E-state index contributed by atoms with van der Waals surface area (Å²) in [6.07, 6.45) is 8.32. The van der Waals surface area contributed by atoms with Crippen LogP contribution in [0.1, 0.15) is 58.3 Å². The first kappa shape index (κ1) is 16.7. The summed E-state index contributed by atoms with van der Waals surface area (Å²) in [7, 11) is 0. The molecule has 5 heteroatoms. The summed E-state index contributed by atoms with van der Waals surface area (Å²) in [6, 6.07) is 0. The Balaban J connectivity index is 1.97. The number of hydrogen-bond donors (Lipinski definition) is 2. The lowest BCUT2D eigenvalue weighted by Crippen LogP contribution is -2.50. The summed E-state index contributed by atoms with van der Waals surface area (Å²) in [5.74, 6) is 0.465. The third kappa shape index (κ3) is 3.75. The van der Waals surface area contributed by atoms with Crippen LogP contribution < -0.4 is 11.1 Å². The standard InChI is InChI=1S/C16H28N2O2S/c1-2-13-12(7-10-20-13)11-18-15(19)16(14(17)21)8-5-3-4-6-9-16/h12-13H,2-11H2,1H3,(H2,17,21)(H,18,19). The first-order chi connectivity index (χ1) is 10.1. The SMILES string of the molecule is CCC1OCCC1CNC(=O)C1(C(N)=S)CCCCCC1. The van der Waals surface area contributed by atoms with Gasteiger partial charge in [0, 0.05) is 19.1 Å². The maximum absolute atomic E-state index is 12.7. The van der Waals surface area contributed by atoms with Crippen LogP contribution in [0.4, 0.5) is 0 Å². The Bertz CT molecular complexity index is 378. The quantitative estimate of drug-likeness (QED) is 0.605. The Morgan fingerprint density at radius 3 is 2.57 bits per heavy atom. The number of thiocarbonyl (C=S) groups is 1. The molecule has 3 N–H and O–H groups in total. The zero-order valence-corrected chi connectivity index (χ0v) is 13.8. The smallest absolute Gasteiger partial charge is 0.233 e. The molecule has 2 atom stereocenters. The maximum atomic E-state index is 12.7. The Hall–Kier alpha value is -0.680. The van der Waals surface area contributed by atoms with Crippen LogP contribution in [0, 0.1) is 11.3 Å². The Morgan fingerprint density at radius 2 is 2.00 bits per heavy atom. The molecule has 1 aliphatic heterocycles. The number of carbonyl (C=O) groups excluding carboxylic acids is 1. The Labute approximate surface area is 133 Å². The normalized spacial score (nSPS) is 28.8. The number of carbonyl (C=O) groups is 1. The van der Waals surface area contributed by atoms with Crippen LogP contribution in [0.15, 0.2) is 0 Å². The zero-order chi connectivity index (χ0) is 15.3. The highest BCUT2D eigenvalue weighted by Crippen LogP contribution is 2.36. The van der Waals surface area contributed by atoms with Crippen molar-refractivity contribution in [3.05, 3.63) is 0 Å². The van der Waals surface area contributed by atoms with E-state index in [1.165, 1.54) is 12.8 Å². The van der Waals surface area contributed by atoms with Gasteiger partial charge in [-0.05, 0) is 25.7 Å². The lowest BCUT2D eigenvalue weighted by Gasteiger charge is -2.31. The molecule has 1 amide bonds. The van der Waals surface area contributed by atoms with E-state index in [0.717, 1.165) is 45.1 Å². The van der Waals surface area contributed by atoms with Gasteiger partial charge < -0.3 is 15.8 Å². The molecular weight excluding hydrogens is 284 g/mol. The van der Waals surface area contributed by atoms with Gasteiger partial charge in [0.25, 0.3) is 0 Å². The fraction of sp³-hybridized carbons (Fsp3) is 0.875. The first-order valence-electron chi connectivity index (χ1n) is 8.30. The second kappa shape index (κ2) is 7.54. The minimum Gasteiger partial charge on any atom is -0.392 e. The number of nitrogens with two attached hydrogens (primary N) is 1. The van der Waals surface area contributed by atoms with Gasteiger partial charge in [-0.3, -0.25) is 4.79 Å². The van der Waals surface area contributed by atoms with Crippen LogP contribution in [-0.4, -0.2) is 30.2 Å². The number of nitrogens with one attached hydrogen (secondary N) is 1. The van der Waals surface area contributed by atoms with E-state index in [9.17, 15) is 4.79 Å². The van der Waals surface area contributed by atoms with Crippen molar-refractivity contribution in [2.45, 2.75) is 64.4 Å². The molecule has 2 fully saturated rings. The van der Waals surface area contributed by atoms with Gasteiger partial charge in [-0.25, -0.2) is 0 Å². The van der Waals surface area contributed by atoms with E-state index in [2.05, 4.69) is 12.2 Å². The molecule has 21 heavy (non-hydrogen) atoms. The Kier molecular flexibility index (Phi) is 5.99. The van der Waals surface area contributed by atoms with E-state index in [4.69, 9.17) is 22.7 Å². The molecule has 1 saturated heterocycles. The van der Waals surface area contributed by atoms with Crippen LogP contribution in [-0.2, 0) is 9.53 Å². The second-order valence-electron chi connectivity index (χ2n) is 6.44. The number of ether oxygens (including phenoxy) is 1. The molecule has 2 rings (SSSR count). The molecule has 2 unspecified atom stereocenters. The third-order valence-electron chi connectivity index (χ3n) is 5.14. The predicted octanol–water partition coefficient (Wildman–Crippen LogP) is 2.54. The summed E-state index contributed by atoms with van der Waals surface area (Å²) in [5.41, 5.74) is 5.34. The van der Waals surface area contributed by atoms with Gasteiger partial charge in [-0.1, -0.05) is 44.8 Å². The van der Waals surface area contributed by atoms with Crippen molar-refractivity contribution >= 4 is 23.1 Å². The molecule has 0 bridgehead atoms. The van der Waals surface area contributed by atoms with Crippen LogP contribution in [0.2, 0.25) is 0 Å². The molecule has 120 valence electrons. The summed E-state index contributed by atoms with van der Waals surface area (Å²) >= 11 is 5.25. The fourth-order valence-corrected chi connectivity index (χ4v) is 3.98.